The van der Waals surface area contributed by atoms with Crippen LogP contribution in [0.15, 0.2) is 6.07 Å². The molecular weight excluding hydrogens is 278 g/mol. The van der Waals surface area contributed by atoms with Crippen LogP contribution in [0.1, 0.15) is 45.8 Å². The summed E-state index contributed by atoms with van der Waals surface area (Å²) in [5.74, 6) is 0.795. The Morgan fingerprint density at radius 3 is 2.84 bits per heavy atom. The predicted octanol–water partition coefficient (Wildman–Crippen LogP) is 3.72. The molecule has 2 aliphatic rings. The van der Waals surface area contributed by atoms with E-state index in [0.717, 1.165) is 37.1 Å². The number of thiophene rings is 1. The number of halogens is 1. The quantitative estimate of drug-likeness (QED) is 0.779. The molecule has 1 aromatic heterocycles. The van der Waals surface area contributed by atoms with Crippen LogP contribution >= 0.6 is 22.9 Å². The molecule has 2 nitrogen and oxygen atoms in total. The third-order valence-electron chi connectivity index (χ3n) is 4.26. The van der Waals surface area contributed by atoms with Gasteiger partial charge in [0.2, 0.25) is 0 Å². The van der Waals surface area contributed by atoms with E-state index in [1.54, 1.807) is 11.3 Å². The zero-order valence-corrected chi connectivity index (χ0v) is 12.9. The lowest BCUT2D eigenvalue weighted by Crippen LogP contribution is -2.37. The summed E-state index contributed by atoms with van der Waals surface area (Å²) in [4.78, 5) is 16.7. The van der Waals surface area contributed by atoms with Crippen LogP contribution in [0.25, 0.3) is 0 Å². The largest absolute Gasteiger partial charge is 0.341 e. The maximum Gasteiger partial charge on any atom is 0.263 e. The molecule has 0 bridgehead atoms. The molecule has 0 radical (unpaired) electrons. The lowest BCUT2D eigenvalue weighted by Gasteiger charge is -2.33. The second-order valence-corrected chi connectivity index (χ2v) is 7.64. The summed E-state index contributed by atoms with van der Waals surface area (Å²) in [5.41, 5.74) is 1.41. The molecule has 0 spiro atoms. The van der Waals surface area contributed by atoms with Crippen molar-refractivity contribution in [1.82, 2.24) is 4.90 Å². The van der Waals surface area contributed by atoms with E-state index in [9.17, 15) is 4.79 Å². The first-order valence-corrected chi connectivity index (χ1v) is 8.40. The maximum absolute atomic E-state index is 12.4. The molecule has 0 N–H and O–H groups in total. The molecule has 0 unspecified atom stereocenters. The molecular formula is C15H20ClNOS. The molecule has 2 aliphatic carbocycles. The fraction of sp³-hybridized carbons (Fsp3) is 0.667. The second-order valence-electron chi connectivity index (χ2n) is 5.89. The number of nitrogens with zero attached hydrogens (tertiary/aromatic N) is 1. The zero-order valence-electron chi connectivity index (χ0n) is 11.3. The summed E-state index contributed by atoms with van der Waals surface area (Å²) in [5, 5.41) is 0.336. The summed E-state index contributed by atoms with van der Waals surface area (Å²) in [7, 11) is 1.92. The van der Waals surface area contributed by atoms with Gasteiger partial charge in [-0.15, -0.1) is 22.9 Å². The predicted molar refractivity (Wildman–Crippen MR) is 80.3 cm³/mol. The third-order valence-corrected chi connectivity index (χ3v) is 5.85. The molecule has 3 rings (SSSR count). The number of rotatable bonds is 3. The maximum atomic E-state index is 12.4. The average Bonchev–Trinajstić information content (AvgIpc) is 2.79. The Hall–Kier alpha value is -0.540. The Bertz CT molecular complexity index is 455. The molecule has 0 aromatic carbocycles. The molecule has 0 aliphatic heterocycles. The van der Waals surface area contributed by atoms with Crippen LogP contribution in [-0.4, -0.2) is 29.8 Å². The van der Waals surface area contributed by atoms with Gasteiger partial charge in [0.25, 0.3) is 5.91 Å². The number of carbonyl (C=O) groups excluding carboxylic acids is 1. The van der Waals surface area contributed by atoms with Gasteiger partial charge in [-0.05, 0) is 56.1 Å². The Morgan fingerprint density at radius 2 is 2.16 bits per heavy atom. The lowest BCUT2D eigenvalue weighted by molar-refractivity contribution is 0.0751. The number of fused-ring (bicyclic) bond motifs is 1. The number of alkyl halides is 1. The van der Waals surface area contributed by atoms with Gasteiger partial charge in [-0.3, -0.25) is 4.79 Å². The first-order chi connectivity index (χ1) is 9.13. The second kappa shape index (κ2) is 5.45. The number of hydrogen-bond donors (Lipinski definition) is 0. The van der Waals surface area contributed by atoms with Gasteiger partial charge in [0, 0.05) is 23.8 Å². The highest BCUT2D eigenvalue weighted by molar-refractivity contribution is 7.14. The summed E-state index contributed by atoms with van der Waals surface area (Å²) in [6.07, 6.45) is 6.97. The van der Waals surface area contributed by atoms with Gasteiger partial charge in [0.1, 0.15) is 0 Å². The van der Waals surface area contributed by atoms with Crippen LogP contribution in [0.5, 0.6) is 0 Å². The van der Waals surface area contributed by atoms with Gasteiger partial charge < -0.3 is 4.90 Å². The Balaban J connectivity index is 1.64. The minimum absolute atomic E-state index is 0.192. The van der Waals surface area contributed by atoms with Crippen molar-refractivity contribution in [2.75, 3.05) is 13.6 Å². The highest BCUT2D eigenvalue weighted by Gasteiger charge is 2.30. The Morgan fingerprint density at radius 1 is 1.42 bits per heavy atom. The van der Waals surface area contributed by atoms with E-state index in [2.05, 4.69) is 6.07 Å². The van der Waals surface area contributed by atoms with Crippen LogP contribution in [0, 0.1) is 5.92 Å². The van der Waals surface area contributed by atoms with Gasteiger partial charge >= 0.3 is 0 Å². The normalized spacial score (nSPS) is 25.6. The summed E-state index contributed by atoms with van der Waals surface area (Å²) >= 11 is 7.70. The summed E-state index contributed by atoms with van der Waals surface area (Å²) < 4.78 is 0. The van der Waals surface area contributed by atoms with Gasteiger partial charge in [0.15, 0.2) is 0 Å². The Kier molecular flexibility index (Phi) is 3.86. The minimum atomic E-state index is 0.192. The molecule has 1 heterocycles. The summed E-state index contributed by atoms with van der Waals surface area (Å²) in [6, 6.07) is 2.13. The minimum Gasteiger partial charge on any atom is -0.341 e. The van der Waals surface area contributed by atoms with Crippen molar-refractivity contribution < 1.29 is 4.79 Å². The van der Waals surface area contributed by atoms with Gasteiger partial charge in [-0.2, -0.15) is 0 Å². The van der Waals surface area contributed by atoms with Crippen molar-refractivity contribution in [3.05, 3.63) is 21.4 Å². The Labute approximate surface area is 123 Å². The van der Waals surface area contributed by atoms with Crippen molar-refractivity contribution in [2.45, 2.75) is 43.9 Å². The van der Waals surface area contributed by atoms with Crippen molar-refractivity contribution in [3.63, 3.8) is 0 Å². The molecule has 1 fully saturated rings. The smallest absolute Gasteiger partial charge is 0.263 e. The molecule has 4 heteroatoms. The SMILES string of the molecule is CN(CC1CC(Cl)C1)C(=O)c1cc2c(s1)CCCC2. The lowest BCUT2D eigenvalue weighted by atomic mass is 9.84. The topological polar surface area (TPSA) is 20.3 Å². The standard InChI is InChI=1S/C15H20ClNOS/c1-17(9-10-6-12(16)7-10)15(18)14-8-11-4-2-3-5-13(11)19-14/h8,10,12H,2-7,9H2,1H3. The molecule has 0 atom stereocenters. The number of hydrogen-bond acceptors (Lipinski definition) is 2. The highest BCUT2D eigenvalue weighted by Crippen LogP contribution is 2.33. The fourth-order valence-electron chi connectivity index (χ4n) is 3.06. The molecule has 1 aromatic rings. The van der Waals surface area contributed by atoms with Crippen LogP contribution in [0.2, 0.25) is 0 Å². The van der Waals surface area contributed by atoms with E-state index in [0.29, 0.717) is 11.3 Å². The van der Waals surface area contributed by atoms with E-state index in [1.165, 1.54) is 23.3 Å². The van der Waals surface area contributed by atoms with E-state index < -0.39 is 0 Å². The van der Waals surface area contributed by atoms with Crippen molar-refractivity contribution in [1.29, 1.82) is 0 Å². The van der Waals surface area contributed by atoms with Crippen molar-refractivity contribution in [2.24, 2.45) is 5.92 Å². The first-order valence-electron chi connectivity index (χ1n) is 7.14. The number of aryl methyl sites for hydroxylation is 2. The first kappa shape index (κ1) is 13.4. The average molecular weight is 298 g/mol. The van der Waals surface area contributed by atoms with E-state index in [4.69, 9.17) is 11.6 Å². The van der Waals surface area contributed by atoms with Crippen molar-refractivity contribution in [3.8, 4) is 0 Å². The van der Waals surface area contributed by atoms with Crippen LogP contribution < -0.4 is 0 Å². The molecule has 0 saturated heterocycles. The van der Waals surface area contributed by atoms with Crippen LogP contribution in [-0.2, 0) is 12.8 Å². The van der Waals surface area contributed by atoms with E-state index in [-0.39, 0.29) is 5.91 Å². The zero-order chi connectivity index (χ0) is 13.4. The molecule has 1 amide bonds. The highest BCUT2D eigenvalue weighted by atomic mass is 35.5. The monoisotopic (exact) mass is 297 g/mol. The van der Waals surface area contributed by atoms with E-state index in [1.807, 2.05) is 11.9 Å². The van der Waals surface area contributed by atoms with Gasteiger partial charge in [-0.25, -0.2) is 0 Å². The fourth-order valence-corrected chi connectivity index (χ4v) is 4.81. The van der Waals surface area contributed by atoms with Crippen LogP contribution in [0.4, 0.5) is 0 Å². The summed E-state index contributed by atoms with van der Waals surface area (Å²) in [6.45, 7) is 0.852. The molecule has 1 saturated carbocycles. The number of carbonyl (C=O) groups is 1. The molecule has 19 heavy (non-hydrogen) atoms. The third kappa shape index (κ3) is 2.82. The van der Waals surface area contributed by atoms with Gasteiger partial charge in [-0.1, -0.05) is 0 Å². The van der Waals surface area contributed by atoms with Crippen LogP contribution in [0.3, 0.4) is 0 Å². The van der Waals surface area contributed by atoms with Crippen molar-refractivity contribution >= 4 is 28.8 Å². The van der Waals surface area contributed by atoms with E-state index >= 15 is 0 Å². The molecule has 104 valence electrons. The van der Waals surface area contributed by atoms with Gasteiger partial charge in [0.05, 0.1) is 4.88 Å². The number of amides is 1.